The molecular formula is C25H32F2N2O4S. The number of benzene rings is 2. The van der Waals surface area contributed by atoms with Crippen molar-refractivity contribution >= 4 is 30.1 Å². The summed E-state index contributed by atoms with van der Waals surface area (Å²) < 4.78 is 34.0. The topological polar surface area (TPSA) is 70.1 Å². The van der Waals surface area contributed by atoms with Gasteiger partial charge in [0.05, 0.1) is 11.7 Å². The van der Waals surface area contributed by atoms with Gasteiger partial charge in [0, 0.05) is 17.4 Å². The number of hydrogen-bond acceptors (Lipinski definition) is 6. The van der Waals surface area contributed by atoms with Crippen molar-refractivity contribution in [1.29, 1.82) is 0 Å². The van der Waals surface area contributed by atoms with E-state index in [-0.39, 0.29) is 18.3 Å². The van der Waals surface area contributed by atoms with Crippen LogP contribution in [0.2, 0.25) is 0 Å². The predicted molar refractivity (Wildman–Crippen MR) is 130 cm³/mol. The van der Waals surface area contributed by atoms with Gasteiger partial charge in [0.2, 0.25) is 0 Å². The van der Waals surface area contributed by atoms with Gasteiger partial charge in [-0.2, -0.15) is 0 Å². The summed E-state index contributed by atoms with van der Waals surface area (Å²) in [4.78, 5) is 23.9. The molecule has 1 N–H and O–H groups in total. The number of carboxylic acids is 1. The van der Waals surface area contributed by atoms with E-state index in [9.17, 15) is 18.4 Å². The van der Waals surface area contributed by atoms with E-state index in [2.05, 4.69) is 11.9 Å². The normalized spacial score (nSPS) is 15.1. The lowest BCUT2D eigenvalue weighted by atomic mass is 9.94. The monoisotopic (exact) mass is 494 g/mol. The smallest absolute Gasteiger partial charge is 0.303 e. The number of halogens is 2. The maximum atomic E-state index is 14.1. The summed E-state index contributed by atoms with van der Waals surface area (Å²) in [6.07, 6.45) is 2.44. The predicted octanol–water partition coefficient (Wildman–Crippen LogP) is 5.15. The Labute approximate surface area is 204 Å². The number of anilines is 1. The number of ether oxygens (including phenoxy) is 1. The third-order valence-electron chi connectivity index (χ3n) is 5.48. The minimum absolute atomic E-state index is 0.0678. The van der Waals surface area contributed by atoms with Crippen molar-refractivity contribution in [3.63, 3.8) is 0 Å². The fourth-order valence-electron chi connectivity index (χ4n) is 3.50. The lowest BCUT2D eigenvalue weighted by Gasteiger charge is -2.29. The van der Waals surface area contributed by atoms with Crippen LogP contribution in [-0.4, -0.2) is 55.2 Å². The molecule has 0 radical (unpaired) electrons. The molecule has 1 aliphatic heterocycles. The number of likely N-dealkylation sites (tertiary alicyclic amines) is 1. The largest absolute Gasteiger partial charge is 0.481 e. The molecule has 2 aromatic carbocycles. The highest BCUT2D eigenvalue weighted by Crippen LogP contribution is 2.33. The molecule has 0 saturated carbocycles. The first kappa shape index (κ1) is 27.6. The second-order valence-electron chi connectivity index (χ2n) is 8.45. The van der Waals surface area contributed by atoms with E-state index in [1.807, 2.05) is 31.2 Å². The number of carbonyl (C=O) groups is 2. The summed E-state index contributed by atoms with van der Waals surface area (Å²) in [6.45, 7) is 6.26. The molecule has 1 unspecified atom stereocenters. The first-order valence-electron chi connectivity index (χ1n) is 11.1. The van der Waals surface area contributed by atoms with Crippen LogP contribution in [0.3, 0.4) is 0 Å². The van der Waals surface area contributed by atoms with Gasteiger partial charge >= 0.3 is 5.97 Å². The van der Waals surface area contributed by atoms with Crippen molar-refractivity contribution < 1.29 is 28.2 Å². The molecule has 0 amide bonds. The van der Waals surface area contributed by atoms with Crippen molar-refractivity contribution in [2.45, 2.75) is 44.0 Å². The molecule has 0 spiro atoms. The molecule has 3 rings (SSSR count). The second kappa shape index (κ2) is 13.9. The van der Waals surface area contributed by atoms with Crippen molar-refractivity contribution in [1.82, 2.24) is 4.90 Å². The van der Waals surface area contributed by atoms with Gasteiger partial charge in [0.25, 0.3) is 6.47 Å². The second-order valence-corrected chi connectivity index (χ2v) is 9.50. The van der Waals surface area contributed by atoms with Crippen LogP contribution in [0.15, 0.2) is 47.4 Å². The SMILES string of the molecule is CN1CCC(CC(=O)O)CC1.Cc1ccc(SN(c2cc(F)ccc2F)C(C)COC=O)cc1. The van der Waals surface area contributed by atoms with Crippen molar-refractivity contribution in [2.24, 2.45) is 5.92 Å². The highest BCUT2D eigenvalue weighted by atomic mass is 32.2. The molecule has 34 heavy (non-hydrogen) atoms. The minimum atomic E-state index is -0.653. The number of carbonyl (C=O) groups excluding carboxylic acids is 1. The first-order valence-corrected chi connectivity index (χ1v) is 11.9. The molecule has 6 nitrogen and oxygen atoms in total. The Morgan fingerprint density at radius 1 is 1.24 bits per heavy atom. The van der Waals surface area contributed by atoms with Gasteiger partial charge in [-0.3, -0.25) is 9.59 Å². The van der Waals surface area contributed by atoms with E-state index in [1.165, 1.54) is 11.9 Å². The Bertz CT molecular complexity index is 922. The van der Waals surface area contributed by atoms with Gasteiger partial charge in [0.15, 0.2) is 0 Å². The molecule has 186 valence electrons. The van der Waals surface area contributed by atoms with Crippen LogP contribution in [0.1, 0.15) is 31.7 Å². The first-order chi connectivity index (χ1) is 16.2. The third kappa shape index (κ3) is 9.30. The molecule has 0 aliphatic carbocycles. The van der Waals surface area contributed by atoms with E-state index >= 15 is 0 Å². The maximum Gasteiger partial charge on any atom is 0.303 e. The van der Waals surface area contributed by atoms with Crippen LogP contribution in [0.5, 0.6) is 0 Å². The Morgan fingerprint density at radius 3 is 2.47 bits per heavy atom. The molecule has 2 aromatic rings. The summed E-state index contributed by atoms with van der Waals surface area (Å²) in [5.41, 5.74) is 1.22. The van der Waals surface area contributed by atoms with E-state index in [4.69, 9.17) is 9.84 Å². The molecule has 1 aliphatic rings. The summed E-state index contributed by atoms with van der Waals surface area (Å²) in [6, 6.07) is 10.6. The van der Waals surface area contributed by atoms with Crippen molar-refractivity contribution in [3.05, 3.63) is 59.7 Å². The average molecular weight is 495 g/mol. The van der Waals surface area contributed by atoms with Gasteiger partial charge in [0.1, 0.15) is 18.2 Å². The zero-order valence-corrected chi connectivity index (χ0v) is 20.6. The van der Waals surface area contributed by atoms with Crippen LogP contribution >= 0.6 is 11.9 Å². The molecule has 0 bridgehead atoms. The van der Waals surface area contributed by atoms with Crippen LogP contribution in [0, 0.1) is 24.5 Å². The van der Waals surface area contributed by atoms with Gasteiger partial charge < -0.3 is 19.0 Å². The summed E-state index contributed by atoms with van der Waals surface area (Å²) in [5, 5.41) is 8.52. The molecule has 1 saturated heterocycles. The molecule has 1 fully saturated rings. The highest BCUT2D eigenvalue weighted by molar-refractivity contribution is 8.00. The summed E-state index contributed by atoms with van der Waals surface area (Å²) in [5.74, 6) is -1.30. The van der Waals surface area contributed by atoms with E-state index in [0.717, 1.165) is 54.6 Å². The number of carboxylic acid groups (broad SMARTS) is 1. The number of nitrogens with zero attached hydrogens (tertiary/aromatic N) is 2. The average Bonchev–Trinajstić information content (AvgIpc) is 2.80. The Balaban J connectivity index is 0.000000310. The maximum absolute atomic E-state index is 14.1. The van der Waals surface area contributed by atoms with Crippen LogP contribution in [0.4, 0.5) is 14.5 Å². The van der Waals surface area contributed by atoms with Gasteiger partial charge in [-0.05, 0) is 89.0 Å². The van der Waals surface area contributed by atoms with Gasteiger partial charge in [-0.25, -0.2) is 8.78 Å². The number of hydrogen-bond donors (Lipinski definition) is 1. The van der Waals surface area contributed by atoms with Crippen molar-refractivity contribution in [2.75, 3.05) is 31.0 Å². The molecule has 1 atom stereocenters. The van der Waals surface area contributed by atoms with E-state index < -0.39 is 17.6 Å². The number of rotatable bonds is 9. The molecule has 9 heteroatoms. The highest BCUT2D eigenvalue weighted by Gasteiger charge is 2.21. The Kier molecular flexibility index (Phi) is 11.3. The molecule has 1 heterocycles. The third-order valence-corrected chi connectivity index (χ3v) is 6.71. The number of aryl methyl sites for hydroxylation is 1. The Hall–Kier alpha value is -2.65. The van der Waals surface area contributed by atoms with E-state index in [1.54, 1.807) is 11.2 Å². The zero-order valence-electron chi connectivity index (χ0n) is 19.7. The summed E-state index contributed by atoms with van der Waals surface area (Å²) in [7, 11) is 2.08. The standard InChI is InChI=1S/C17H17F2NO2S.C8H15NO2/c1-12-3-6-15(7-4-12)23-20(13(2)10-22-11-21)17-9-14(18)5-8-16(17)19;1-9-4-2-7(3-5-9)6-8(10)11/h3-9,11,13H,10H2,1-2H3;7H,2-6H2,1H3,(H,10,11). The van der Waals surface area contributed by atoms with Crippen molar-refractivity contribution in [3.8, 4) is 0 Å². The van der Waals surface area contributed by atoms with E-state index in [0.29, 0.717) is 18.8 Å². The summed E-state index contributed by atoms with van der Waals surface area (Å²) >= 11 is 1.26. The zero-order chi connectivity index (χ0) is 25.1. The fourth-order valence-corrected chi connectivity index (χ4v) is 4.47. The molecular weight excluding hydrogens is 462 g/mol. The lowest BCUT2D eigenvalue weighted by Crippen LogP contribution is -2.31. The van der Waals surface area contributed by atoms with Crippen LogP contribution in [-0.2, 0) is 14.3 Å². The quantitative estimate of drug-likeness (QED) is 0.382. The van der Waals surface area contributed by atoms with Gasteiger partial charge in [-0.15, -0.1) is 0 Å². The number of aliphatic carboxylic acids is 1. The fraction of sp³-hybridized carbons (Fsp3) is 0.440. The Morgan fingerprint density at radius 2 is 1.88 bits per heavy atom. The van der Waals surface area contributed by atoms with Gasteiger partial charge in [-0.1, -0.05) is 17.7 Å². The molecule has 0 aromatic heterocycles. The lowest BCUT2D eigenvalue weighted by molar-refractivity contribution is -0.138. The minimum Gasteiger partial charge on any atom is -0.481 e. The van der Waals surface area contributed by atoms with Crippen LogP contribution < -0.4 is 4.31 Å². The number of piperidine rings is 1. The van der Waals surface area contributed by atoms with Crippen LogP contribution in [0.25, 0.3) is 0 Å².